The number of carbonyl (C=O) groups excluding carboxylic acids is 2. The van der Waals surface area contributed by atoms with Crippen molar-refractivity contribution in [1.82, 2.24) is 10.2 Å². The van der Waals surface area contributed by atoms with E-state index in [2.05, 4.69) is 5.32 Å². The molecule has 1 N–H and O–H groups in total. The van der Waals surface area contributed by atoms with E-state index < -0.39 is 28.5 Å². The van der Waals surface area contributed by atoms with Crippen LogP contribution in [0.25, 0.3) is 0 Å². The SMILES string of the molecule is CNC(=O)[C@H](C)N(Cc1ccccc1C)C(=O)CN(c1ccccc1OC)S(=O)(=O)c1ccccc1. The van der Waals surface area contributed by atoms with E-state index in [4.69, 9.17) is 4.74 Å². The number of hydrogen-bond donors (Lipinski definition) is 1. The van der Waals surface area contributed by atoms with Gasteiger partial charge in [-0.3, -0.25) is 13.9 Å². The highest BCUT2D eigenvalue weighted by atomic mass is 32.2. The molecule has 8 nitrogen and oxygen atoms in total. The van der Waals surface area contributed by atoms with Crippen molar-refractivity contribution < 1.29 is 22.7 Å². The van der Waals surface area contributed by atoms with Crippen molar-refractivity contribution in [2.75, 3.05) is 25.0 Å². The first-order valence-corrected chi connectivity index (χ1v) is 12.9. The molecule has 0 radical (unpaired) electrons. The molecule has 190 valence electrons. The number of carbonyl (C=O) groups is 2. The van der Waals surface area contributed by atoms with Crippen LogP contribution in [0.15, 0.2) is 83.8 Å². The molecular formula is C27H31N3O5S. The monoisotopic (exact) mass is 509 g/mol. The van der Waals surface area contributed by atoms with Gasteiger partial charge in [0.1, 0.15) is 18.3 Å². The maximum atomic E-state index is 13.8. The summed E-state index contributed by atoms with van der Waals surface area (Å²) in [5, 5.41) is 2.58. The van der Waals surface area contributed by atoms with Crippen molar-refractivity contribution in [3.05, 3.63) is 90.0 Å². The van der Waals surface area contributed by atoms with Gasteiger partial charge in [0, 0.05) is 13.6 Å². The first-order chi connectivity index (χ1) is 17.2. The Morgan fingerprint density at radius 2 is 1.56 bits per heavy atom. The van der Waals surface area contributed by atoms with Gasteiger partial charge in [-0.15, -0.1) is 0 Å². The van der Waals surface area contributed by atoms with Crippen LogP contribution in [0.5, 0.6) is 5.75 Å². The predicted octanol–water partition coefficient (Wildman–Crippen LogP) is 3.36. The summed E-state index contributed by atoms with van der Waals surface area (Å²) in [5.41, 5.74) is 2.04. The smallest absolute Gasteiger partial charge is 0.264 e. The number of nitrogens with one attached hydrogen (secondary N) is 1. The summed E-state index contributed by atoms with van der Waals surface area (Å²) in [6.07, 6.45) is 0. The van der Waals surface area contributed by atoms with Crippen molar-refractivity contribution in [2.45, 2.75) is 31.3 Å². The van der Waals surface area contributed by atoms with E-state index in [9.17, 15) is 18.0 Å². The molecule has 0 saturated heterocycles. The van der Waals surface area contributed by atoms with Crippen LogP contribution >= 0.6 is 0 Å². The van der Waals surface area contributed by atoms with E-state index in [1.165, 1.54) is 31.2 Å². The molecule has 3 aromatic carbocycles. The molecule has 0 aromatic heterocycles. The van der Waals surface area contributed by atoms with Crippen molar-refractivity contribution in [3.63, 3.8) is 0 Å². The van der Waals surface area contributed by atoms with Crippen molar-refractivity contribution in [3.8, 4) is 5.75 Å². The summed E-state index contributed by atoms with van der Waals surface area (Å²) >= 11 is 0. The minimum absolute atomic E-state index is 0.0357. The Labute approximate surface area is 212 Å². The van der Waals surface area contributed by atoms with E-state index in [1.54, 1.807) is 49.4 Å². The van der Waals surface area contributed by atoms with Gasteiger partial charge in [0.25, 0.3) is 10.0 Å². The number of amides is 2. The number of ether oxygens (including phenoxy) is 1. The molecule has 0 bridgehead atoms. The highest BCUT2D eigenvalue weighted by Crippen LogP contribution is 2.32. The Hall–Kier alpha value is -3.85. The lowest BCUT2D eigenvalue weighted by Crippen LogP contribution is -2.50. The molecule has 0 spiro atoms. The van der Waals surface area contributed by atoms with Crippen LogP contribution in [-0.2, 0) is 26.2 Å². The number of likely N-dealkylation sites (N-methyl/N-ethyl adjacent to an activating group) is 1. The zero-order chi connectivity index (χ0) is 26.3. The van der Waals surface area contributed by atoms with Crippen LogP contribution < -0.4 is 14.4 Å². The zero-order valence-electron chi connectivity index (χ0n) is 20.8. The highest BCUT2D eigenvalue weighted by Gasteiger charge is 2.33. The molecule has 0 aliphatic heterocycles. The Bertz CT molecular complexity index is 1310. The van der Waals surface area contributed by atoms with Crippen molar-refractivity contribution >= 4 is 27.5 Å². The fourth-order valence-corrected chi connectivity index (χ4v) is 5.28. The Balaban J connectivity index is 2.07. The predicted molar refractivity (Wildman–Crippen MR) is 139 cm³/mol. The fraction of sp³-hybridized carbons (Fsp3) is 0.259. The van der Waals surface area contributed by atoms with Crippen molar-refractivity contribution in [2.24, 2.45) is 0 Å². The molecule has 0 saturated carbocycles. The molecule has 2 amide bonds. The maximum Gasteiger partial charge on any atom is 0.264 e. The zero-order valence-corrected chi connectivity index (χ0v) is 21.7. The quantitative estimate of drug-likeness (QED) is 0.452. The third-order valence-corrected chi connectivity index (χ3v) is 7.75. The average molecular weight is 510 g/mol. The second-order valence-corrected chi connectivity index (χ2v) is 10.1. The van der Waals surface area contributed by atoms with Gasteiger partial charge < -0.3 is 15.0 Å². The number of aryl methyl sites for hydroxylation is 1. The highest BCUT2D eigenvalue weighted by molar-refractivity contribution is 7.92. The summed E-state index contributed by atoms with van der Waals surface area (Å²) < 4.78 is 34.0. The van der Waals surface area contributed by atoms with Crippen LogP contribution in [0.4, 0.5) is 5.69 Å². The van der Waals surface area contributed by atoms with Gasteiger partial charge in [0.05, 0.1) is 17.7 Å². The second-order valence-electron chi connectivity index (χ2n) is 8.23. The summed E-state index contributed by atoms with van der Waals surface area (Å²) in [6, 6.07) is 21.2. The standard InChI is InChI=1S/C27H31N3O5S/c1-20-12-8-9-13-22(20)18-29(21(2)27(32)28-3)26(31)19-30(24-16-10-11-17-25(24)35-4)36(33,34)23-14-6-5-7-15-23/h5-17,21H,18-19H2,1-4H3,(H,28,32)/t21-/m0/s1. The van der Waals surface area contributed by atoms with Gasteiger partial charge in [-0.1, -0.05) is 54.6 Å². The molecule has 3 rings (SSSR count). The van der Waals surface area contributed by atoms with E-state index in [1.807, 2.05) is 31.2 Å². The number of hydrogen-bond acceptors (Lipinski definition) is 5. The molecule has 3 aromatic rings. The Morgan fingerprint density at radius 3 is 2.19 bits per heavy atom. The number of rotatable bonds is 10. The maximum absolute atomic E-state index is 13.8. The second kappa shape index (κ2) is 11.7. The van der Waals surface area contributed by atoms with Gasteiger partial charge in [-0.2, -0.15) is 0 Å². The molecular weight excluding hydrogens is 478 g/mol. The lowest BCUT2D eigenvalue weighted by atomic mass is 10.1. The van der Waals surface area contributed by atoms with Crippen LogP contribution in [0.1, 0.15) is 18.1 Å². The molecule has 0 aliphatic carbocycles. The van der Waals surface area contributed by atoms with Gasteiger partial charge in [0.15, 0.2) is 0 Å². The summed E-state index contributed by atoms with van der Waals surface area (Å²) in [6.45, 7) is 3.16. The Morgan fingerprint density at radius 1 is 0.944 bits per heavy atom. The number of sulfonamides is 1. The first-order valence-electron chi connectivity index (χ1n) is 11.5. The first kappa shape index (κ1) is 26.7. The van der Waals surface area contributed by atoms with Crippen molar-refractivity contribution in [1.29, 1.82) is 0 Å². The van der Waals surface area contributed by atoms with Gasteiger partial charge >= 0.3 is 0 Å². The number of nitrogens with zero attached hydrogens (tertiary/aromatic N) is 2. The minimum atomic E-state index is -4.14. The average Bonchev–Trinajstić information content (AvgIpc) is 2.90. The van der Waals surface area contributed by atoms with Gasteiger partial charge in [0.2, 0.25) is 11.8 Å². The summed E-state index contributed by atoms with van der Waals surface area (Å²) in [4.78, 5) is 27.8. The number of methoxy groups -OCH3 is 1. The van der Waals surface area contributed by atoms with E-state index in [-0.39, 0.29) is 23.0 Å². The molecule has 0 unspecified atom stereocenters. The summed E-state index contributed by atoms with van der Waals surface area (Å²) in [5.74, 6) is -0.582. The molecule has 36 heavy (non-hydrogen) atoms. The molecule has 9 heteroatoms. The van der Waals surface area contributed by atoms with Crippen LogP contribution in [-0.4, -0.2) is 51.9 Å². The number of benzene rings is 3. The largest absolute Gasteiger partial charge is 0.495 e. The van der Waals surface area contributed by atoms with Gasteiger partial charge in [-0.05, 0) is 49.2 Å². The fourth-order valence-electron chi connectivity index (χ4n) is 3.83. The number of para-hydroxylation sites is 2. The van der Waals surface area contributed by atoms with Crippen LogP contribution in [0, 0.1) is 6.92 Å². The molecule has 0 aliphatic rings. The van der Waals surface area contributed by atoms with E-state index >= 15 is 0 Å². The van der Waals surface area contributed by atoms with Gasteiger partial charge in [-0.25, -0.2) is 8.42 Å². The molecule has 0 heterocycles. The van der Waals surface area contributed by atoms with Crippen LogP contribution in [0.3, 0.4) is 0 Å². The third kappa shape index (κ3) is 5.85. The normalized spacial score (nSPS) is 11.9. The molecule has 1 atom stereocenters. The lowest BCUT2D eigenvalue weighted by molar-refractivity contribution is -0.139. The van der Waals surface area contributed by atoms with E-state index in [0.717, 1.165) is 15.4 Å². The molecule has 0 fully saturated rings. The lowest BCUT2D eigenvalue weighted by Gasteiger charge is -2.32. The Kier molecular flexibility index (Phi) is 8.71. The van der Waals surface area contributed by atoms with Crippen LogP contribution in [0.2, 0.25) is 0 Å². The third-order valence-electron chi connectivity index (χ3n) is 5.98. The number of anilines is 1. The topological polar surface area (TPSA) is 96.0 Å². The van der Waals surface area contributed by atoms with E-state index in [0.29, 0.717) is 5.75 Å². The summed E-state index contributed by atoms with van der Waals surface area (Å²) in [7, 11) is -1.21. The minimum Gasteiger partial charge on any atom is -0.495 e.